The number of alkyl halides is 5. The number of nitrogens with zero attached hydrogens (tertiary/aromatic N) is 5. The lowest BCUT2D eigenvalue weighted by Gasteiger charge is -2.37. The highest BCUT2D eigenvalue weighted by Crippen LogP contribution is 2.46. The standard InChI is InChI=1S/C32H30ClF5N6O3S2/c33-27-5-6-29(48-27)49(46,47)44(20-31(34,35)17-26(44)30(39)45)19-22-15-25(23-1-3-24(4-2-23)32(36,37)38)41-28(16-22)43-13-11-42(12-14-43)18-21-7-9-40-10-8-21/h1-10,15-16,26H,11-14,17-20H2,(H-,39,45)/p+1/t26-,44?/m0/s1. The fraction of sp³-hybridized carbons (Fsp3) is 0.344. The Kier molecular flexibility index (Phi) is 9.47. The summed E-state index contributed by atoms with van der Waals surface area (Å²) in [6, 6.07) is 11.9. The molecular formula is C32H31ClF5N6O3S2+. The molecule has 0 aliphatic carbocycles. The van der Waals surface area contributed by atoms with Crippen LogP contribution in [0.15, 0.2) is 77.3 Å². The summed E-state index contributed by atoms with van der Waals surface area (Å²) in [7, 11) is -4.70. The number of amides is 1. The minimum Gasteiger partial charge on any atom is -0.364 e. The lowest BCUT2D eigenvalue weighted by atomic mass is 10.1. The van der Waals surface area contributed by atoms with Crippen molar-refractivity contribution in [3.8, 4) is 11.3 Å². The van der Waals surface area contributed by atoms with E-state index in [1.54, 1.807) is 18.5 Å². The predicted octanol–water partition coefficient (Wildman–Crippen LogP) is 5.80. The van der Waals surface area contributed by atoms with Crippen molar-refractivity contribution in [3.05, 3.63) is 94.1 Å². The van der Waals surface area contributed by atoms with Gasteiger partial charge in [0, 0.05) is 56.2 Å². The molecule has 2 fully saturated rings. The third-order valence-electron chi connectivity index (χ3n) is 8.85. The number of primary amides is 1. The maximum absolute atomic E-state index is 15.2. The minimum atomic E-state index is -4.70. The van der Waals surface area contributed by atoms with Crippen molar-refractivity contribution in [2.24, 2.45) is 5.73 Å². The topological polar surface area (TPSA) is 109 Å². The molecule has 1 aromatic carbocycles. The second kappa shape index (κ2) is 13.2. The van der Waals surface area contributed by atoms with Crippen molar-refractivity contribution >= 4 is 44.7 Å². The number of anilines is 1. The van der Waals surface area contributed by atoms with Crippen LogP contribution in [0, 0.1) is 0 Å². The number of benzene rings is 1. The summed E-state index contributed by atoms with van der Waals surface area (Å²) in [5, 5.41) is 0. The lowest BCUT2D eigenvalue weighted by molar-refractivity contribution is -0.827. The number of pyridine rings is 2. The normalized spacial score (nSPS) is 21.6. The van der Waals surface area contributed by atoms with E-state index in [9.17, 15) is 26.4 Å². The Morgan fingerprint density at radius 2 is 1.67 bits per heavy atom. The van der Waals surface area contributed by atoms with Crippen LogP contribution < -0.4 is 10.6 Å². The smallest absolute Gasteiger partial charge is 0.364 e. The number of aromatic nitrogens is 2. The Labute approximate surface area is 288 Å². The number of halogens is 6. The molecule has 3 aromatic heterocycles. The van der Waals surface area contributed by atoms with E-state index < -0.39 is 63.0 Å². The molecule has 2 saturated heterocycles. The van der Waals surface area contributed by atoms with Gasteiger partial charge >= 0.3 is 22.1 Å². The van der Waals surface area contributed by atoms with Crippen LogP contribution in [0.25, 0.3) is 11.3 Å². The molecule has 1 amide bonds. The highest BCUT2D eigenvalue weighted by molar-refractivity contribution is 7.88. The molecule has 17 heteroatoms. The largest absolute Gasteiger partial charge is 0.416 e. The third kappa shape index (κ3) is 7.29. The van der Waals surface area contributed by atoms with E-state index in [1.165, 1.54) is 30.3 Å². The summed E-state index contributed by atoms with van der Waals surface area (Å²) in [6.07, 6.45) is -2.23. The first-order chi connectivity index (χ1) is 23.1. The first kappa shape index (κ1) is 35.1. The van der Waals surface area contributed by atoms with Crippen LogP contribution in [0.5, 0.6) is 0 Å². The summed E-state index contributed by atoms with van der Waals surface area (Å²) >= 11 is 6.72. The van der Waals surface area contributed by atoms with Crippen LogP contribution >= 0.6 is 22.9 Å². The second-order valence-corrected chi connectivity index (χ2v) is 16.3. The lowest BCUT2D eigenvalue weighted by Crippen LogP contribution is -2.59. The Balaban J connectivity index is 1.41. The second-order valence-electron chi connectivity index (χ2n) is 12.2. The number of hydrogen-bond acceptors (Lipinski definition) is 8. The van der Waals surface area contributed by atoms with Gasteiger partial charge in [-0.2, -0.15) is 25.5 Å². The molecule has 4 aromatic rings. The molecular weight excluding hydrogens is 711 g/mol. The average Bonchev–Trinajstić information content (AvgIpc) is 3.62. The van der Waals surface area contributed by atoms with Crippen molar-refractivity contribution < 1.29 is 39.1 Å². The first-order valence-electron chi connectivity index (χ1n) is 15.2. The molecule has 2 aliphatic rings. The number of rotatable bonds is 9. The van der Waals surface area contributed by atoms with Crippen LogP contribution in [0.2, 0.25) is 4.34 Å². The van der Waals surface area contributed by atoms with Gasteiger partial charge in [0.25, 0.3) is 5.91 Å². The van der Waals surface area contributed by atoms with Gasteiger partial charge in [0.05, 0.1) is 22.0 Å². The molecule has 6 rings (SSSR count). The van der Waals surface area contributed by atoms with E-state index in [0.29, 0.717) is 55.4 Å². The van der Waals surface area contributed by atoms with Crippen molar-refractivity contribution in [2.75, 3.05) is 37.6 Å². The van der Waals surface area contributed by atoms with Gasteiger partial charge in [-0.15, -0.1) is 11.3 Å². The molecule has 0 radical (unpaired) electrons. The zero-order chi connectivity index (χ0) is 35.2. The summed E-state index contributed by atoms with van der Waals surface area (Å²) in [5.74, 6) is -4.37. The molecule has 0 saturated carbocycles. The molecule has 49 heavy (non-hydrogen) atoms. The SMILES string of the molecule is NC(=O)[C@@H]1CC(F)(F)C[N+]1(Cc1cc(-c2ccc(C(F)(F)F)cc2)nc(N2CCN(Cc3ccncc3)CC2)c1)S(=O)(=O)c1ccc(Cl)s1. The van der Waals surface area contributed by atoms with Gasteiger partial charge in [-0.05, 0) is 54.1 Å². The van der Waals surface area contributed by atoms with Crippen LogP contribution in [-0.4, -0.2) is 77.8 Å². The third-order valence-corrected chi connectivity index (χ3v) is 12.9. The van der Waals surface area contributed by atoms with Crippen molar-refractivity contribution in [1.82, 2.24) is 14.9 Å². The van der Waals surface area contributed by atoms with E-state index in [2.05, 4.69) is 9.88 Å². The van der Waals surface area contributed by atoms with Gasteiger partial charge in [-0.3, -0.25) is 14.7 Å². The maximum Gasteiger partial charge on any atom is 0.416 e. The van der Waals surface area contributed by atoms with Gasteiger partial charge in [0.15, 0.2) is 16.8 Å². The number of thiophene rings is 1. The van der Waals surface area contributed by atoms with E-state index in [0.717, 1.165) is 17.7 Å². The summed E-state index contributed by atoms with van der Waals surface area (Å²) in [4.78, 5) is 25.7. The van der Waals surface area contributed by atoms with Gasteiger partial charge in [-0.25, -0.2) is 13.8 Å². The number of nitrogens with two attached hydrogens (primary N) is 1. The van der Waals surface area contributed by atoms with E-state index >= 15 is 8.78 Å². The highest BCUT2D eigenvalue weighted by atomic mass is 35.5. The first-order valence-corrected chi connectivity index (χ1v) is 17.8. The van der Waals surface area contributed by atoms with E-state index in [-0.39, 0.29) is 19.8 Å². The number of hydrogen-bond donors (Lipinski definition) is 1. The molecule has 2 atom stereocenters. The monoisotopic (exact) mass is 741 g/mol. The molecule has 1 unspecified atom stereocenters. The quantitative estimate of drug-likeness (QED) is 0.171. The molecule has 9 nitrogen and oxygen atoms in total. The molecule has 0 spiro atoms. The zero-order valence-electron chi connectivity index (χ0n) is 25.8. The molecule has 0 bridgehead atoms. The number of quaternary nitrogens is 1. The van der Waals surface area contributed by atoms with Gasteiger partial charge in [0.2, 0.25) is 0 Å². The van der Waals surface area contributed by atoms with Crippen molar-refractivity contribution in [3.63, 3.8) is 0 Å². The summed E-state index contributed by atoms with van der Waals surface area (Å²) in [5.41, 5.74) is 6.57. The van der Waals surface area contributed by atoms with E-state index in [1.807, 2.05) is 17.0 Å². The van der Waals surface area contributed by atoms with Crippen LogP contribution in [0.4, 0.5) is 27.8 Å². The number of carbonyl (C=O) groups is 1. The van der Waals surface area contributed by atoms with Crippen molar-refractivity contribution in [1.29, 1.82) is 0 Å². The summed E-state index contributed by atoms with van der Waals surface area (Å²) < 4.78 is 97.5. The molecule has 2 N–H and O–H groups in total. The molecule has 5 heterocycles. The summed E-state index contributed by atoms with van der Waals surface area (Å²) in [6.45, 7) is 1.14. The van der Waals surface area contributed by atoms with Gasteiger partial charge < -0.3 is 10.6 Å². The van der Waals surface area contributed by atoms with Gasteiger partial charge in [-0.1, -0.05) is 23.7 Å². The molecule has 2 aliphatic heterocycles. The number of piperazine rings is 1. The Morgan fingerprint density at radius 1 is 1.00 bits per heavy atom. The van der Waals surface area contributed by atoms with E-state index in [4.69, 9.17) is 22.3 Å². The average molecular weight is 742 g/mol. The van der Waals surface area contributed by atoms with Crippen molar-refractivity contribution in [2.45, 2.75) is 41.9 Å². The number of sulfonamides is 1. The highest BCUT2D eigenvalue weighted by Gasteiger charge is 2.65. The number of likely N-dealkylation sites (tertiary alicyclic amines) is 1. The van der Waals surface area contributed by atoms with Crippen LogP contribution in [0.3, 0.4) is 0 Å². The van der Waals surface area contributed by atoms with Gasteiger partial charge in [0.1, 0.15) is 12.4 Å². The maximum atomic E-state index is 15.2. The van der Waals surface area contributed by atoms with Crippen LogP contribution in [-0.2, 0) is 34.1 Å². The van der Waals surface area contributed by atoms with Crippen LogP contribution in [0.1, 0.15) is 23.1 Å². The fourth-order valence-electron chi connectivity index (χ4n) is 6.46. The minimum absolute atomic E-state index is 0.108. The number of carbonyl (C=O) groups excluding carboxylic acids is 1. The zero-order valence-corrected chi connectivity index (χ0v) is 28.2. The molecule has 260 valence electrons. The predicted molar refractivity (Wildman–Crippen MR) is 174 cm³/mol. The Bertz CT molecular complexity index is 1940. The Morgan fingerprint density at radius 3 is 2.27 bits per heavy atom. The Hall–Kier alpha value is -3.70. The fourth-order valence-corrected chi connectivity index (χ4v) is 10.3.